The lowest BCUT2D eigenvalue weighted by Gasteiger charge is -2.40. The Hall–Kier alpha value is -3.30. The van der Waals surface area contributed by atoms with E-state index < -0.39 is 0 Å². The summed E-state index contributed by atoms with van der Waals surface area (Å²) in [6.07, 6.45) is 2.75. The molecule has 4 aromatic rings. The van der Waals surface area contributed by atoms with Gasteiger partial charge in [0.25, 0.3) is 0 Å². The number of halogens is 1. The molecule has 1 saturated heterocycles. The SMILES string of the molecule is C=C(O)c1ccc2ccc(Sc3nc(N4CC(NC(=O)C5CC5)C4)c4c(Cl)c(CC)[nH]c4n3)cc2n1. The Morgan fingerprint density at radius 1 is 1.25 bits per heavy atom. The van der Waals surface area contributed by atoms with Crippen LogP contribution >= 0.6 is 23.4 Å². The van der Waals surface area contributed by atoms with Crippen LogP contribution in [0.3, 0.4) is 0 Å². The highest BCUT2D eigenvalue weighted by Gasteiger charge is 2.36. The highest BCUT2D eigenvalue weighted by molar-refractivity contribution is 7.99. The molecule has 4 heterocycles. The first kappa shape index (κ1) is 23.1. The number of nitrogens with one attached hydrogen (secondary N) is 2. The molecule has 0 unspecified atom stereocenters. The van der Waals surface area contributed by atoms with Gasteiger partial charge in [0.1, 0.15) is 22.9 Å². The van der Waals surface area contributed by atoms with Crippen molar-refractivity contribution >= 4 is 62.8 Å². The van der Waals surface area contributed by atoms with Crippen LogP contribution in [0, 0.1) is 5.92 Å². The lowest BCUT2D eigenvalue weighted by atomic mass is 10.1. The van der Waals surface area contributed by atoms with Gasteiger partial charge in [-0.2, -0.15) is 0 Å². The Bertz CT molecular complexity index is 1530. The van der Waals surface area contributed by atoms with Gasteiger partial charge in [-0.05, 0) is 49.2 Å². The van der Waals surface area contributed by atoms with Crippen molar-refractivity contribution in [2.24, 2.45) is 5.92 Å². The molecule has 36 heavy (non-hydrogen) atoms. The van der Waals surface area contributed by atoms with Crippen LogP contribution in [0.15, 0.2) is 47.0 Å². The number of carbonyl (C=O) groups is 1. The number of hydrogen-bond acceptors (Lipinski definition) is 7. The molecular formula is C26H25ClN6O2S. The third-order valence-electron chi connectivity index (χ3n) is 6.62. The minimum atomic E-state index is -0.0649. The van der Waals surface area contributed by atoms with Gasteiger partial charge in [-0.15, -0.1) is 0 Å². The molecule has 3 aromatic heterocycles. The van der Waals surface area contributed by atoms with Gasteiger partial charge in [0.05, 0.1) is 22.0 Å². The quantitative estimate of drug-likeness (QED) is 0.229. The second-order valence-corrected chi connectivity index (χ2v) is 10.7. The molecule has 3 N–H and O–H groups in total. The Kier molecular flexibility index (Phi) is 5.76. The van der Waals surface area contributed by atoms with E-state index in [1.54, 1.807) is 6.07 Å². The van der Waals surface area contributed by atoms with Gasteiger partial charge in [-0.3, -0.25) is 4.79 Å². The van der Waals surface area contributed by atoms with Gasteiger partial charge < -0.3 is 20.3 Å². The molecule has 0 atom stereocenters. The van der Waals surface area contributed by atoms with E-state index in [1.807, 2.05) is 31.2 Å². The number of aryl methyl sites for hydroxylation is 1. The summed E-state index contributed by atoms with van der Waals surface area (Å²) >= 11 is 8.16. The van der Waals surface area contributed by atoms with Crippen LogP contribution in [-0.2, 0) is 11.2 Å². The van der Waals surface area contributed by atoms with Crippen molar-refractivity contribution in [3.63, 3.8) is 0 Å². The van der Waals surface area contributed by atoms with E-state index >= 15 is 0 Å². The molecule has 8 nitrogen and oxygen atoms in total. The first-order valence-corrected chi connectivity index (χ1v) is 13.2. The molecule has 1 aromatic carbocycles. The predicted molar refractivity (Wildman–Crippen MR) is 143 cm³/mol. The highest BCUT2D eigenvalue weighted by Crippen LogP contribution is 2.38. The van der Waals surface area contributed by atoms with E-state index in [2.05, 4.69) is 26.8 Å². The molecule has 6 rings (SSSR count). The summed E-state index contributed by atoms with van der Waals surface area (Å²) in [4.78, 5) is 32.8. The minimum Gasteiger partial charge on any atom is -0.506 e. The van der Waals surface area contributed by atoms with Crippen molar-refractivity contribution in [3.8, 4) is 0 Å². The summed E-state index contributed by atoms with van der Waals surface area (Å²) in [6, 6.07) is 9.70. The summed E-state index contributed by atoms with van der Waals surface area (Å²) in [5, 5.41) is 15.9. The summed E-state index contributed by atoms with van der Waals surface area (Å²) < 4.78 is 0. The van der Waals surface area contributed by atoms with Gasteiger partial charge in [-0.25, -0.2) is 15.0 Å². The van der Waals surface area contributed by atoms with E-state index in [-0.39, 0.29) is 23.6 Å². The zero-order chi connectivity index (χ0) is 25.0. The summed E-state index contributed by atoms with van der Waals surface area (Å²) in [7, 11) is 0. The zero-order valence-electron chi connectivity index (χ0n) is 19.7. The third-order valence-corrected chi connectivity index (χ3v) is 7.89. The number of H-pyrrole nitrogens is 1. The number of fused-ring (bicyclic) bond motifs is 2. The lowest BCUT2D eigenvalue weighted by molar-refractivity contribution is -0.123. The topological polar surface area (TPSA) is 107 Å². The number of rotatable bonds is 7. The van der Waals surface area contributed by atoms with E-state index in [0.29, 0.717) is 34.6 Å². The number of benzene rings is 1. The zero-order valence-corrected chi connectivity index (χ0v) is 21.3. The van der Waals surface area contributed by atoms with Crippen LogP contribution in [0.5, 0.6) is 0 Å². The molecular weight excluding hydrogens is 496 g/mol. The maximum atomic E-state index is 12.2. The second-order valence-electron chi connectivity index (χ2n) is 9.31. The monoisotopic (exact) mass is 520 g/mol. The van der Waals surface area contributed by atoms with Crippen LogP contribution < -0.4 is 10.2 Å². The smallest absolute Gasteiger partial charge is 0.223 e. The fourth-order valence-corrected chi connectivity index (χ4v) is 5.56. The molecule has 0 spiro atoms. The first-order valence-electron chi connectivity index (χ1n) is 12.0. The number of aromatic amines is 1. The fourth-order valence-electron chi connectivity index (χ4n) is 4.42. The Morgan fingerprint density at radius 3 is 2.75 bits per heavy atom. The largest absolute Gasteiger partial charge is 0.506 e. The van der Waals surface area contributed by atoms with Crippen molar-refractivity contribution in [2.45, 2.75) is 42.3 Å². The molecule has 1 aliphatic carbocycles. The Balaban J connectivity index is 1.31. The van der Waals surface area contributed by atoms with Gasteiger partial charge in [0.15, 0.2) is 5.16 Å². The normalized spacial score (nSPS) is 15.9. The Labute approximate surface area is 217 Å². The van der Waals surface area contributed by atoms with Crippen LogP contribution in [-0.4, -0.2) is 50.1 Å². The summed E-state index contributed by atoms with van der Waals surface area (Å²) in [5.41, 5.74) is 2.82. The number of nitrogens with zero attached hydrogens (tertiary/aromatic N) is 4. The molecule has 10 heteroatoms. The summed E-state index contributed by atoms with van der Waals surface area (Å²) in [6.45, 7) is 6.98. The standard InChI is InChI=1S/C26H25ClN6O2S/c1-3-18-22(27)21-23(30-18)31-26(32-24(21)33-11-16(12-33)28-25(35)15-4-5-15)36-17-8-6-14-7-9-19(13(2)34)29-20(14)10-17/h6-10,15-16,34H,2-5,11-12H2,1H3,(H,28,35)(H,30,31,32). The van der Waals surface area contributed by atoms with E-state index in [0.717, 1.165) is 52.0 Å². The van der Waals surface area contributed by atoms with Crippen molar-refractivity contribution in [3.05, 3.63) is 53.3 Å². The molecule has 0 radical (unpaired) electrons. The number of aromatic nitrogens is 4. The van der Waals surface area contributed by atoms with E-state index in [9.17, 15) is 9.90 Å². The minimum absolute atomic E-state index is 0.0649. The fraction of sp³-hybridized carbons (Fsp3) is 0.308. The molecule has 2 aliphatic rings. The third kappa shape index (κ3) is 4.26. The molecule has 1 amide bonds. The number of aliphatic hydroxyl groups is 1. The predicted octanol–water partition coefficient (Wildman–Crippen LogP) is 5.12. The van der Waals surface area contributed by atoms with Crippen molar-refractivity contribution < 1.29 is 9.90 Å². The Morgan fingerprint density at radius 2 is 2.03 bits per heavy atom. The van der Waals surface area contributed by atoms with Gasteiger partial charge in [0.2, 0.25) is 5.91 Å². The highest BCUT2D eigenvalue weighted by atomic mass is 35.5. The van der Waals surface area contributed by atoms with Crippen molar-refractivity contribution in [1.82, 2.24) is 25.3 Å². The number of aliphatic hydroxyl groups excluding tert-OH is 1. The second kappa shape index (κ2) is 8.97. The van der Waals surface area contributed by atoms with Crippen LogP contribution in [0.2, 0.25) is 5.02 Å². The van der Waals surface area contributed by atoms with E-state index in [1.165, 1.54) is 11.8 Å². The molecule has 1 saturated carbocycles. The number of hydrogen-bond donors (Lipinski definition) is 3. The summed E-state index contributed by atoms with van der Waals surface area (Å²) in [5.74, 6) is 1.07. The molecule has 2 fully saturated rings. The van der Waals surface area contributed by atoms with Gasteiger partial charge in [0, 0.05) is 35.0 Å². The molecule has 184 valence electrons. The van der Waals surface area contributed by atoms with Crippen molar-refractivity contribution in [2.75, 3.05) is 18.0 Å². The number of carbonyl (C=O) groups excluding carboxylic acids is 1. The maximum absolute atomic E-state index is 12.2. The lowest BCUT2D eigenvalue weighted by Crippen LogP contribution is -2.60. The van der Waals surface area contributed by atoms with Gasteiger partial charge >= 0.3 is 0 Å². The van der Waals surface area contributed by atoms with Crippen LogP contribution in [0.1, 0.15) is 31.2 Å². The first-order chi connectivity index (χ1) is 17.4. The number of amides is 1. The molecule has 1 aliphatic heterocycles. The maximum Gasteiger partial charge on any atom is 0.223 e. The average Bonchev–Trinajstić information content (AvgIpc) is 3.64. The molecule has 0 bridgehead atoms. The van der Waals surface area contributed by atoms with Gasteiger partial charge in [-0.1, -0.05) is 37.2 Å². The van der Waals surface area contributed by atoms with E-state index in [4.69, 9.17) is 21.6 Å². The van der Waals surface area contributed by atoms with Crippen LogP contribution in [0.25, 0.3) is 27.7 Å². The average molecular weight is 521 g/mol. The number of anilines is 1. The van der Waals surface area contributed by atoms with Crippen molar-refractivity contribution in [1.29, 1.82) is 0 Å². The van der Waals surface area contributed by atoms with Crippen LogP contribution in [0.4, 0.5) is 5.82 Å². The number of pyridine rings is 1.